The van der Waals surface area contributed by atoms with Gasteiger partial charge in [0.2, 0.25) is 11.8 Å². The molecule has 3 nitrogen and oxygen atoms in total. The van der Waals surface area contributed by atoms with Crippen molar-refractivity contribution >= 4 is 11.8 Å². The highest BCUT2D eigenvalue weighted by molar-refractivity contribution is 6.02. The normalized spacial score (nSPS) is 34.6. The molecule has 1 N–H and O–H groups in total. The molecule has 3 rings (SSSR count). The maximum absolute atomic E-state index is 12.3. The van der Waals surface area contributed by atoms with Crippen LogP contribution in [0.4, 0.5) is 0 Å². The van der Waals surface area contributed by atoms with E-state index >= 15 is 0 Å². The van der Waals surface area contributed by atoms with E-state index in [0.717, 1.165) is 24.8 Å². The molecule has 0 radical (unpaired) electrons. The van der Waals surface area contributed by atoms with Crippen LogP contribution >= 0.6 is 0 Å². The minimum absolute atomic E-state index is 0.105. The molecule has 0 bridgehead atoms. The molecular weight excluding hydrogens is 238 g/mol. The molecule has 2 aliphatic rings. The van der Waals surface area contributed by atoms with Crippen LogP contribution in [0.3, 0.4) is 0 Å². The predicted molar refractivity (Wildman–Crippen MR) is 72.4 cm³/mol. The number of amides is 2. The second-order valence-corrected chi connectivity index (χ2v) is 6.14. The third-order valence-corrected chi connectivity index (χ3v) is 4.67. The number of benzene rings is 1. The number of nitrogens with one attached hydrogen (secondary N) is 1. The molecule has 1 spiro atoms. The van der Waals surface area contributed by atoms with Crippen molar-refractivity contribution in [2.24, 2.45) is 11.3 Å². The Morgan fingerprint density at radius 2 is 1.95 bits per heavy atom. The topological polar surface area (TPSA) is 46.2 Å². The Morgan fingerprint density at radius 3 is 2.58 bits per heavy atom. The molecular formula is C16H19NO2. The third kappa shape index (κ3) is 2.07. The zero-order chi connectivity index (χ0) is 13.5. The van der Waals surface area contributed by atoms with Gasteiger partial charge in [-0.25, -0.2) is 0 Å². The van der Waals surface area contributed by atoms with Crippen LogP contribution in [0.15, 0.2) is 30.3 Å². The number of imide groups is 1. The first-order valence-electron chi connectivity index (χ1n) is 6.99. The average Bonchev–Trinajstić information content (AvgIpc) is 2.71. The molecule has 1 aliphatic heterocycles. The number of rotatable bonds is 1. The van der Waals surface area contributed by atoms with E-state index in [1.165, 1.54) is 0 Å². The van der Waals surface area contributed by atoms with Crippen LogP contribution in [-0.2, 0) is 9.59 Å². The minimum atomic E-state index is -0.170. The summed E-state index contributed by atoms with van der Waals surface area (Å²) in [5.74, 6) is 0.212. The van der Waals surface area contributed by atoms with E-state index in [1.54, 1.807) is 0 Å². The Bertz CT molecular complexity index is 511. The Morgan fingerprint density at radius 1 is 1.21 bits per heavy atom. The standard InChI is InChI=1S/C16H19NO2/c1-11-7-8-16(9-11)10-13(18)17-15(19)14(16)12-5-3-2-4-6-12/h2-6,11,14H,7-10H2,1H3,(H,17,18,19). The summed E-state index contributed by atoms with van der Waals surface area (Å²) in [4.78, 5) is 24.1. The van der Waals surface area contributed by atoms with Gasteiger partial charge in [0.1, 0.15) is 0 Å². The van der Waals surface area contributed by atoms with Crippen LogP contribution in [-0.4, -0.2) is 11.8 Å². The lowest BCUT2D eigenvalue weighted by Crippen LogP contribution is -2.49. The van der Waals surface area contributed by atoms with Crippen LogP contribution in [0.2, 0.25) is 0 Å². The maximum atomic E-state index is 12.3. The van der Waals surface area contributed by atoms with Gasteiger partial charge in [0.05, 0.1) is 5.92 Å². The first kappa shape index (κ1) is 12.4. The van der Waals surface area contributed by atoms with E-state index in [1.807, 2.05) is 30.3 Å². The molecule has 1 aromatic carbocycles. The van der Waals surface area contributed by atoms with E-state index in [-0.39, 0.29) is 23.1 Å². The van der Waals surface area contributed by atoms with Gasteiger partial charge < -0.3 is 0 Å². The molecule has 19 heavy (non-hydrogen) atoms. The van der Waals surface area contributed by atoms with Crippen molar-refractivity contribution in [3.8, 4) is 0 Å². The first-order valence-corrected chi connectivity index (χ1v) is 6.99. The third-order valence-electron chi connectivity index (χ3n) is 4.67. The summed E-state index contributed by atoms with van der Waals surface area (Å²) in [7, 11) is 0. The number of carbonyl (C=O) groups excluding carboxylic acids is 2. The highest BCUT2D eigenvalue weighted by Crippen LogP contribution is 2.54. The summed E-state index contributed by atoms with van der Waals surface area (Å²) in [6.45, 7) is 2.22. The average molecular weight is 257 g/mol. The highest BCUT2D eigenvalue weighted by Gasteiger charge is 2.51. The van der Waals surface area contributed by atoms with Gasteiger partial charge in [0.25, 0.3) is 0 Å². The second-order valence-electron chi connectivity index (χ2n) is 6.14. The molecule has 3 heteroatoms. The monoisotopic (exact) mass is 257 g/mol. The van der Waals surface area contributed by atoms with Crippen molar-refractivity contribution in [1.29, 1.82) is 0 Å². The zero-order valence-electron chi connectivity index (χ0n) is 11.2. The summed E-state index contributed by atoms with van der Waals surface area (Å²) >= 11 is 0. The van der Waals surface area contributed by atoms with Crippen LogP contribution in [0.5, 0.6) is 0 Å². The van der Waals surface area contributed by atoms with Gasteiger partial charge in [-0.2, -0.15) is 0 Å². The molecule has 3 atom stereocenters. The van der Waals surface area contributed by atoms with Crippen molar-refractivity contribution in [1.82, 2.24) is 5.32 Å². The smallest absolute Gasteiger partial charge is 0.234 e. The predicted octanol–water partition coefficient (Wildman–Crippen LogP) is 2.62. The molecule has 1 aromatic rings. The summed E-state index contributed by atoms with van der Waals surface area (Å²) < 4.78 is 0. The van der Waals surface area contributed by atoms with Crippen LogP contribution in [0.1, 0.15) is 44.1 Å². The molecule has 0 aromatic heterocycles. The van der Waals surface area contributed by atoms with Crippen molar-refractivity contribution in [2.75, 3.05) is 0 Å². The Kier molecular flexibility index (Phi) is 2.92. The number of piperidine rings is 1. The molecule has 3 unspecified atom stereocenters. The van der Waals surface area contributed by atoms with Gasteiger partial charge in [-0.05, 0) is 29.7 Å². The molecule has 1 heterocycles. The fourth-order valence-electron chi connectivity index (χ4n) is 3.96. The zero-order valence-corrected chi connectivity index (χ0v) is 11.2. The molecule has 2 fully saturated rings. The molecule has 100 valence electrons. The quantitative estimate of drug-likeness (QED) is 0.786. The number of carbonyl (C=O) groups is 2. The summed E-state index contributed by atoms with van der Waals surface area (Å²) in [6, 6.07) is 9.89. The van der Waals surface area contributed by atoms with E-state index in [0.29, 0.717) is 12.3 Å². The van der Waals surface area contributed by atoms with Crippen molar-refractivity contribution in [2.45, 2.75) is 38.5 Å². The van der Waals surface area contributed by atoms with Gasteiger partial charge in [-0.15, -0.1) is 0 Å². The second kappa shape index (κ2) is 4.48. The Balaban J connectivity index is 2.03. The van der Waals surface area contributed by atoms with Gasteiger partial charge >= 0.3 is 0 Å². The lowest BCUT2D eigenvalue weighted by atomic mass is 9.66. The van der Waals surface area contributed by atoms with Gasteiger partial charge in [0, 0.05) is 6.42 Å². The van der Waals surface area contributed by atoms with Gasteiger partial charge in [-0.1, -0.05) is 43.7 Å². The highest BCUT2D eigenvalue weighted by atomic mass is 16.2. The van der Waals surface area contributed by atoms with E-state index < -0.39 is 0 Å². The van der Waals surface area contributed by atoms with Gasteiger partial charge in [0.15, 0.2) is 0 Å². The lowest BCUT2D eigenvalue weighted by Gasteiger charge is -2.40. The van der Waals surface area contributed by atoms with Crippen LogP contribution in [0, 0.1) is 11.3 Å². The molecule has 1 aliphatic carbocycles. The van der Waals surface area contributed by atoms with Crippen molar-refractivity contribution < 1.29 is 9.59 Å². The number of hydrogen-bond donors (Lipinski definition) is 1. The lowest BCUT2D eigenvalue weighted by molar-refractivity contribution is -0.140. The fourth-order valence-corrected chi connectivity index (χ4v) is 3.96. The maximum Gasteiger partial charge on any atom is 0.234 e. The summed E-state index contributed by atoms with van der Waals surface area (Å²) in [5.41, 5.74) is 0.891. The molecule has 1 saturated heterocycles. The van der Waals surface area contributed by atoms with Crippen LogP contribution < -0.4 is 5.32 Å². The SMILES string of the molecule is CC1CCC2(CC(=O)NC(=O)C2c2ccccc2)C1. The van der Waals surface area contributed by atoms with Gasteiger partial charge in [-0.3, -0.25) is 14.9 Å². The summed E-state index contributed by atoms with van der Waals surface area (Å²) in [5, 5.41) is 2.52. The minimum Gasteiger partial charge on any atom is -0.296 e. The Hall–Kier alpha value is -1.64. The van der Waals surface area contributed by atoms with Crippen molar-refractivity contribution in [3.05, 3.63) is 35.9 Å². The first-order chi connectivity index (χ1) is 9.11. The van der Waals surface area contributed by atoms with E-state index in [9.17, 15) is 9.59 Å². The van der Waals surface area contributed by atoms with Crippen LogP contribution in [0.25, 0.3) is 0 Å². The number of hydrogen-bond acceptors (Lipinski definition) is 2. The van der Waals surface area contributed by atoms with E-state index in [4.69, 9.17) is 0 Å². The van der Waals surface area contributed by atoms with Crippen molar-refractivity contribution in [3.63, 3.8) is 0 Å². The largest absolute Gasteiger partial charge is 0.296 e. The summed E-state index contributed by atoms with van der Waals surface area (Å²) in [6.07, 6.45) is 3.56. The molecule has 1 saturated carbocycles. The van der Waals surface area contributed by atoms with E-state index in [2.05, 4.69) is 12.2 Å². The molecule has 2 amide bonds. The fraction of sp³-hybridized carbons (Fsp3) is 0.500. The Labute approximate surface area is 113 Å².